The Labute approximate surface area is 94.5 Å². The van der Waals surface area contributed by atoms with Crippen LogP contribution in [0.25, 0.3) is 0 Å². The molecule has 1 rings (SSSR count). The molecule has 1 N–H and O–H groups in total. The maximum Gasteiger partial charge on any atom is 0.246 e. The summed E-state index contributed by atoms with van der Waals surface area (Å²) in [5.41, 5.74) is 1.27. The summed E-state index contributed by atoms with van der Waals surface area (Å²) in [5, 5.41) is 6.95. The molecule has 4 heteroatoms. The monoisotopic (exact) mass is 227 g/mol. The molecule has 0 aliphatic heterocycles. The summed E-state index contributed by atoms with van der Waals surface area (Å²) in [6.07, 6.45) is 0.990. The van der Waals surface area contributed by atoms with Gasteiger partial charge in [-0.15, -0.1) is 0 Å². The molecule has 1 heterocycles. The van der Waals surface area contributed by atoms with E-state index in [0.29, 0.717) is 6.54 Å². The summed E-state index contributed by atoms with van der Waals surface area (Å²) >= 11 is 1.68. The van der Waals surface area contributed by atoms with Gasteiger partial charge in [0.05, 0.1) is 6.10 Å². The van der Waals surface area contributed by atoms with Gasteiger partial charge in [-0.1, -0.05) is 0 Å². The molecule has 0 bridgehead atoms. The highest BCUT2D eigenvalue weighted by Crippen LogP contribution is 2.05. The summed E-state index contributed by atoms with van der Waals surface area (Å²) in [6, 6.07) is 2.07. The lowest BCUT2D eigenvalue weighted by Crippen LogP contribution is -2.30. The normalized spacial score (nSPS) is 10.6. The zero-order valence-corrected chi connectivity index (χ0v) is 9.97. The SMILES string of the molecule is CC(C)OCC(=O)NCCc1ccsc1. The number of hydrogen-bond donors (Lipinski definition) is 1. The van der Waals surface area contributed by atoms with Crippen molar-refractivity contribution in [1.29, 1.82) is 0 Å². The highest BCUT2D eigenvalue weighted by Gasteiger charge is 2.02. The van der Waals surface area contributed by atoms with E-state index in [4.69, 9.17) is 4.74 Å². The Balaban J connectivity index is 2.07. The van der Waals surface area contributed by atoms with Crippen LogP contribution in [0, 0.1) is 0 Å². The van der Waals surface area contributed by atoms with Gasteiger partial charge in [0, 0.05) is 6.54 Å². The van der Waals surface area contributed by atoms with Gasteiger partial charge >= 0.3 is 0 Å². The Morgan fingerprint density at radius 3 is 3.00 bits per heavy atom. The smallest absolute Gasteiger partial charge is 0.246 e. The molecule has 0 atom stereocenters. The van der Waals surface area contributed by atoms with Gasteiger partial charge in [-0.05, 0) is 42.7 Å². The van der Waals surface area contributed by atoms with Crippen LogP contribution in [0.5, 0.6) is 0 Å². The Bertz CT molecular complexity index is 283. The minimum absolute atomic E-state index is 0.0427. The van der Waals surface area contributed by atoms with Gasteiger partial charge < -0.3 is 10.1 Å². The van der Waals surface area contributed by atoms with Gasteiger partial charge in [0.1, 0.15) is 6.61 Å². The predicted molar refractivity (Wildman–Crippen MR) is 62.1 cm³/mol. The second-order valence-electron chi connectivity index (χ2n) is 3.59. The molecule has 0 saturated carbocycles. The lowest BCUT2D eigenvalue weighted by Gasteiger charge is -2.07. The van der Waals surface area contributed by atoms with E-state index in [1.54, 1.807) is 11.3 Å². The molecule has 1 amide bonds. The number of nitrogens with one attached hydrogen (secondary N) is 1. The van der Waals surface area contributed by atoms with Crippen molar-refractivity contribution in [2.75, 3.05) is 13.2 Å². The number of carbonyl (C=O) groups excluding carboxylic acids is 1. The Hall–Kier alpha value is -0.870. The van der Waals surface area contributed by atoms with Crippen LogP contribution in [0.3, 0.4) is 0 Å². The number of hydrogen-bond acceptors (Lipinski definition) is 3. The van der Waals surface area contributed by atoms with E-state index in [9.17, 15) is 4.79 Å². The minimum atomic E-state index is -0.0427. The molecule has 0 aliphatic carbocycles. The van der Waals surface area contributed by atoms with Crippen LogP contribution in [0.15, 0.2) is 16.8 Å². The number of ether oxygens (including phenoxy) is 1. The summed E-state index contributed by atoms with van der Waals surface area (Å²) in [6.45, 7) is 4.66. The van der Waals surface area contributed by atoms with Crippen LogP contribution < -0.4 is 5.32 Å². The molecule has 3 nitrogen and oxygen atoms in total. The molecule has 0 aromatic carbocycles. The molecular formula is C11H17NO2S. The van der Waals surface area contributed by atoms with Gasteiger partial charge in [-0.3, -0.25) is 4.79 Å². The fourth-order valence-corrected chi connectivity index (χ4v) is 1.78. The number of thiophene rings is 1. The van der Waals surface area contributed by atoms with E-state index in [1.165, 1.54) is 5.56 Å². The first-order valence-corrected chi connectivity index (χ1v) is 6.02. The van der Waals surface area contributed by atoms with Crippen molar-refractivity contribution in [1.82, 2.24) is 5.32 Å². The minimum Gasteiger partial charge on any atom is -0.369 e. The van der Waals surface area contributed by atoms with Crippen molar-refractivity contribution in [3.8, 4) is 0 Å². The highest BCUT2D eigenvalue weighted by molar-refractivity contribution is 7.07. The zero-order chi connectivity index (χ0) is 11.1. The average molecular weight is 227 g/mol. The molecule has 1 aromatic heterocycles. The average Bonchev–Trinajstić information content (AvgIpc) is 2.67. The zero-order valence-electron chi connectivity index (χ0n) is 9.16. The first-order valence-electron chi connectivity index (χ1n) is 5.08. The molecule has 0 unspecified atom stereocenters. The second kappa shape index (κ2) is 6.58. The highest BCUT2D eigenvalue weighted by atomic mass is 32.1. The standard InChI is InChI=1S/C11H17NO2S/c1-9(2)14-7-11(13)12-5-3-10-4-6-15-8-10/h4,6,8-9H,3,5,7H2,1-2H3,(H,12,13). The van der Waals surface area contributed by atoms with E-state index in [0.717, 1.165) is 6.42 Å². The van der Waals surface area contributed by atoms with Crippen LogP contribution in [0.4, 0.5) is 0 Å². The lowest BCUT2D eigenvalue weighted by atomic mass is 10.2. The summed E-state index contributed by atoms with van der Waals surface area (Å²) in [7, 11) is 0. The third-order valence-electron chi connectivity index (χ3n) is 1.86. The largest absolute Gasteiger partial charge is 0.369 e. The van der Waals surface area contributed by atoms with Crippen molar-refractivity contribution in [3.63, 3.8) is 0 Å². The van der Waals surface area contributed by atoms with Gasteiger partial charge in [0.15, 0.2) is 0 Å². The molecule has 1 aromatic rings. The Kier molecular flexibility index (Phi) is 5.36. The quantitative estimate of drug-likeness (QED) is 0.805. The fourth-order valence-electron chi connectivity index (χ4n) is 1.07. The van der Waals surface area contributed by atoms with Gasteiger partial charge in [0.2, 0.25) is 5.91 Å². The molecular weight excluding hydrogens is 210 g/mol. The summed E-state index contributed by atoms with van der Waals surface area (Å²) in [5.74, 6) is -0.0427. The molecule has 84 valence electrons. The molecule has 0 radical (unpaired) electrons. The van der Waals surface area contributed by atoms with Gasteiger partial charge in [-0.2, -0.15) is 11.3 Å². The maximum absolute atomic E-state index is 11.2. The third kappa shape index (κ3) is 5.54. The van der Waals surface area contributed by atoms with Crippen molar-refractivity contribution in [2.24, 2.45) is 0 Å². The molecule has 0 saturated heterocycles. The lowest BCUT2D eigenvalue weighted by molar-refractivity contribution is -0.127. The topological polar surface area (TPSA) is 38.3 Å². The number of amides is 1. The first kappa shape index (κ1) is 12.2. The third-order valence-corrected chi connectivity index (χ3v) is 2.60. The maximum atomic E-state index is 11.2. The number of rotatable bonds is 6. The molecule has 0 spiro atoms. The molecule has 0 fully saturated rings. The van der Waals surface area contributed by atoms with Crippen LogP contribution in [-0.4, -0.2) is 25.2 Å². The van der Waals surface area contributed by atoms with E-state index < -0.39 is 0 Å². The molecule has 15 heavy (non-hydrogen) atoms. The summed E-state index contributed by atoms with van der Waals surface area (Å²) in [4.78, 5) is 11.2. The van der Waals surface area contributed by atoms with Crippen LogP contribution in [0.1, 0.15) is 19.4 Å². The van der Waals surface area contributed by atoms with Crippen LogP contribution >= 0.6 is 11.3 Å². The van der Waals surface area contributed by atoms with E-state index in [2.05, 4.69) is 16.8 Å². The van der Waals surface area contributed by atoms with Crippen LogP contribution in [-0.2, 0) is 16.0 Å². The fraction of sp³-hybridized carbons (Fsp3) is 0.545. The Morgan fingerprint density at radius 2 is 2.40 bits per heavy atom. The van der Waals surface area contributed by atoms with E-state index in [-0.39, 0.29) is 18.6 Å². The second-order valence-corrected chi connectivity index (χ2v) is 4.37. The van der Waals surface area contributed by atoms with Gasteiger partial charge in [-0.25, -0.2) is 0 Å². The Morgan fingerprint density at radius 1 is 1.60 bits per heavy atom. The summed E-state index contributed by atoms with van der Waals surface area (Å²) < 4.78 is 5.18. The predicted octanol–water partition coefficient (Wildman–Crippen LogP) is 1.83. The van der Waals surface area contributed by atoms with Crippen molar-refractivity contribution in [3.05, 3.63) is 22.4 Å². The van der Waals surface area contributed by atoms with E-state index >= 15 is 0 Å². The van der Waals surface area contributed by atoms with Crippen molar-refractivity contribution < 1.29 is 9.53 Å². The van der Waals surface area contributed by atoms with Crippen molar-refractivity contribution in [2.45, 2.75) is 26.4 Å². The van der Waals surface area contributed by atoms with E-state index in [1.807, 2.05) is 19.2 Å². The number of carbonyl (C=O) groups is 1. The molecule has 0 aliphatic rings. The van der Waals surface area contributed by atoms with Crippen molar-refractivity contribution >= 4 is 17.2 Å². The van der Waals surface area contributed by atoms with Crippen LogP contribution in [0.2, 0.25) is 0 Å². The van der Waals surface area contributed by atoms with Gasteiger partial charge in [0.25, 0.3) is 0 Å². The first-order chi connectivity index (χ1) is 7.18.